The summed E-state index contributed by atoms with van der Waals surface area (Å²) >= 11 is 0. The maximum atomic E-state index is 12.0. The molecule has 100 valence electrons. The first-order valence-corrected chi connectivity index (χ1v) is 6.89. The van der Waals surface area contributed by atoms with Crippen LogP contribution in [-0.2, 0) is 4.79 Å². The molecule has 1 aliphatic heterocycles. The number of amides is 1. The Kier molecular flexibility index (Phi) is 5.92. The lowest BCUT2D eigenvalue weighted by atomic mass is 10.1. The first kappa shape index (κ1) is 14.5. The zero-order valence-electron chi connectivity index (χ0n) is 11.5. The van der Waals surface area contributed by atoms with Crippen molar-refractivity contribution in [3.63, 3.8) is 0 Å². The van der Waals surface area contributed by atoms with Crippen LogP contribution in [0.2, 0.25) is 0 Å². The Hall–Kier alpha value is -0.610. The third-order valence-corrected chi connectivity index (χ3v) is 3.81. The molecule has 0 aromatic heterocycles. The molecule has 2 N–H and O–H groups in total. The maximum Gasteiger partial charge on any atom is 0.224 e. The molecular weight excluding hydrogens is 214 g/mol. The standard InChI is InChI=1S/C13H27N3O/c1-4-11(14)9-13(17)16-8-7-12(10-16)15(5-2)6-3/h11-12H,4-10,14H2,1-3H3. The molecule has 0 bridgehead atoms. The maximum absolute atomic E-state index is 12.0. The van der Waals surface area contributed by atoms with E-state index in [-0.39, 0.29) is 11.9 Å². The summed E-state index contributed by atoms with van der Waals surface area (Å²) in [6.07, 6.45) is 2.48. The molecule has 0 radical (unpaired) electrons. The fourth-order valence-corrected chi connectivity index (χ4v) is 2.50. The van der Waals surface area contributed by atoms with Gasteiger partial charge in [0.15, 0.2) is 0 Å². The van der Waals surface area contributed by atoms with Gasteiger partial charge in [0.1, 0.15) is 0 Å². The number of likely N-dealkylation sites (tertiary alicyclic amines) is 1. The fraction of sp³-hybridized carbons (Fsp3) is 0.923. The summed E-state index contributed by atoms with van der Waals surface area (Å²) in [5.41, 5.74) is 5.83. The Bertz CT molecular complexity index is 241. The number of carbonyl (C=O) groups excluding carboxylic acids is 1. The van der Waals surface area contributed by atoms with Crippen LogP contribution < -0.4 is 5.73 Å². The molecule has 0 aromatic rings. The van der Waals surface area contributed by atoms with E-state index in [4.69, 9.17) is 5.73 Å². The zero-order chi connectivity index (χ0) is 12.8. The Balaban J connectivity index is 2.41. The SMILES string of the molecule is CCC(N)CC(=O)N1CCC(N(CC)CC)C1. The van der Waals surface area contributed by atoms with E-state index in [9.17, 15) is 4.79 Å². The first-order chi connectivity index (χ1) is 8.12. The lowest BCUT2D eigenvalue weighted by molar-refractivity contribution is -0.130. The third kappa shape index (κ3) is 3.96. The lowest BCUT2D eigenvalue weighted by Gasteiger charge is -2.26. The van der Waals surface area contributed by atoms with E-state index in [2.05, 4.69) is 18.7 Å². The molecule has 1 heterocycles. The summed E-state index contributed by atoms with van der Waals surface area (Å²) in [7, 11) is 0. The van der Waals surface area contributed by atoms with Crippen LogP contribution in [0.5, 0.6) is 0 Å². The summed E-state index contributed by atoms with van der Waals surface area (Å²) in [6, 6.07) is 0.571. The highest BCUT2D eigenvalue weighted by Gasteiger charge is 2.29. The molecule has 0 aliphatic carbocycles. The van der Waals surface area contributed by atoms with E-state index in [0.29, 0.717) is 12.5 Å². The van der Waals surface area contributed by atoms with Crippen LogP contribution in [0.15, 0.2) is 0 Å². The topological polar surface area (TPSA) is 49.6 Å². The Morgan fingerprint density at radius 3 is 2.59 bits per heavy atom. The smallest absolute Gasteiger partial charge is 0.224 e. The van der Waals surface area contributed by atoms with Gasteiger partial charge < -0.3 is 10.6 Å². The van der Waals surface area contributed by atoms with Crippen LogP contribution >= 0.6 is 0 Å². The minimum Gasteiger partial charge on any atom is -0.341 e. The van der Waals surface area contributed by atoms with E-state index < -0.39 is 0 Å². The number of hydrogen-bond donors (Lipinski definition) is 1. The summed E-state index contributed by atoms with van der Waals surface area (Å²) in [6.45, 7) is 10.3. The number of carbonyl (C=O) groups is 1. The van der Waals surface area contributed by atoms with Gasteiger partial charge in [-0.15, -0.1) is 0 Å². The highest BCUT2D eigenvalue weighted by Crippen LogP contribution is 2.16. The van der Waals surface area contributed by atoms with Crippen molar-refractivity contribution in [1.82, 2.24) is 9.80 Å². The van der Waals surface area contributed by atoms with Crippen LogP contribution in [-0.4, -0.2) is 54.0 Å². The van der Waals surface area contributed by atoms with Gasteiger partial charge in [-0.3, -0.25) is 9.69 Å². The molecular formula is C13H27N3O. The summed E-state index contributed by atoms with van der Waals surface area (Å²) in [5, 5.41) is 0. The fourth-order valence-electron chi connectivity index (χ4n) is 2.50. The number of nitrogens with two attached hydrogens (primary N) is 1. The van der Waals surface area contributed by atoms with Crippen molar-refractivity contribution in [3.8, 4) is 0 Å². The molecule has 0 saturated carbocycles. The van der Waals surface area contributed by atoms with Crippen LogP contribution in [0, 0.1) is 0 Å². The van der Waals surface area contributed by atoms with Gasteiger partial charge in [0.05, 0.1) is 0 Å². The van der Waals surface area contributed by atoms with Crippen molar-refractivity contribution in [2.24, 2.45) is 5.73 Å². The van der Waals surface area contributed by atoms with Gasteiger partial charge in [-0.25, -0.2) is 0 Å². The molecule has 0 spiro atoms. The van der Waals surface area contributed by atoms with Gasteiger partial charge in [0.2, 0.25) is 5.91 Å². The average molecular weight is 241 g/mol. The Morgan fingerprint density at radius 1 is 1.41 bits per heavy atom. The van der Waals surface area contributed by atoms with Crippen molar-refractivity contribution in [1.29, 1.82) is 0 Å². The van der Waals surface area contributed by atoms with Crippen molar-refractivity contribution in [3.05, 3.63) is 0 Å². The number of hydrogen-bond acceptors (Lipinski definition) is 3. The molecule has 1 aliphatic rings. The zero-order valence-corrected chi connectivity index (χ0v) is 11.5. The number of rotatable bonds is 6. The molecule has 4 nitrogen and oxygen atoms in total. The Morgan fingerprint density at radius 2 is 2.06 bits per heavy atom. The van der Waals surface area contributed by atoms with Crippen LogP contribution in [0.1, 0.15) is 40.0 Å². The molecule has 2 unspecified atom stereocenters. The molecule has 4 heteroatoms. The van der Waals surface area contributed by atoms with Crippen molar-refractivity contribution in [2.45, 2.75) is 52.1 Å². The van der Waals surface area contributed by atoms with Gasteiger partial charge in [0.25, 0.3) is 0 Å². The van der Waals surface area contributed by atoms with Crippen LogP contribution in [0.3, 0.4) is 0 Å². The normalized spacial score (nSPS) is 22.2. The second-order valence-electron chi connectivity index (χ2n) is 4.88. The second kappa shape index (κ2) is 6.97. The monoisotopic (exact) mass is 241 g/mol. The highest BCUT2D eigenvalue weighted by atomic mass is 16.2. The number of nitrogens with zero attached hydrogens (tertiary/aromatic N) is 2. The minimum atomic E-state index is 0.0232. The third-order valence-electron chi connectivity index (χ3n) is 3.81. The lowest BCUT2D eigenvalue weighted by Crippen LogP contribution is -2.39. The van der Waals surface area contributed by atoms with Gasteiger partial charge in [-0.05, 0) is 25.9 Å². The van der Waals surface area contributed by atoms with Gasteiger partial charge in [-0.1, -0.05) is 20.8 Å². The van der Waals surface area contributed by atoms with E-state index in [0.717, 1.165) is 39.0 Å². The van der Waals surface area contributed by atoms with Gasteiger partial charge in [-0.2, -0.15) is 0 Å². The van der Waals surface area contributed by atoms with Crippen molar-refractivity contribution >= 4 is 5.91 Å². The summed E-state index contributed by atoms with van der Waals surface area (Å²) in [4.78, 5) is 16.4. The molecule has 1 fully saturated rings. The predicted molar refractivity (Wildman–Crippen MR) is 70.8 cm³/mol. The molecule has 1 amide bonds. The van der Waals surface area contributed by atoms with E-state index in [1.165, 1.54) is 0 Å². The number of likely N-dealkylation sites (N-methyl/N-ethyl adjacent to an activating group) is 1. The molecule has 1 rings (SSSR count). The van der Waals surface area contributed by atoms with E-state index >= 15 is 0 Å². The predicted octanol–water partition coefficient (Wildman–Crippen LogP) is 1.06. The van der Waals surface area contributed by atoms with E-state index in [1.807, 2.05) is 11.8 Å². The molecule has 2 atom stereocenters. The van der Waals surface area contributed by atoms with E-state index in [1.54, 1.807) is 0 Å². The average Bonchev–Trinajstić information content (AvgIpc) is 2.80. The quantitative estimate of drug-likeness (QED) is 0.756. The molecule has 1 saturated heterocycles. The summed E-state index contributed by atoms with van der Waals surface area (Å²) < 4.78 is 0. The molecule has 0 aromatic carbocycles. The van der Waals surface area contributed by atoms with Crippen LogP contribution in [0.25, 0.3) is 0 Å². The second-order valence-corrected chi connectivity index (χ2v) is 4.88. The first-order valence-electron chi connectivity index (χ1n) is 6.89. The highest BCUT2D eigenvalue weighted by molar-refractivity contribution is 5.77. The van der Waals surface area contributed by atoms with Crippen molar-refractivity contribution in [2.75, 3.05) is 26.2 Å². The van der Waals surface area contributed by atoms with Crippen molar-refractivity contribution < 1.29 is 4.79 Å². The van der Waals surface area contributed by atoms with Crippen LogP contribution in [0.4, 0.5) is 0 Å². The molecule has 17 heavy (non-hydrogen) atoms. The van der Waals surface area contributed by atoms with Gasteiger partial charge in [0, 0.05) is 31.6 Å². The van der Waals surface area contributed by atoms with Gasteiger partial charge >= 0.3 is 0 Å². The largest absolute Gasteiger partial charge is 0.341 e. The summed E-state index contributed by atoms with van der Waals surface area (Å²) in [5.74, 6) is 0.231. The minimum absolute atomic E-state index is 0.0232. The Labute approximate surface area is 105 Å².